The molecule has 182 valence electrons. The van der Waals surface area contributed by atoms with E-state index in [1.807, 2.05) is 6.07 Å². The van der Waals surface area contributed by atoms with Crippen LogP contribution in [0.25, 0.3) is 17.2 Å². The van der Waals surface area contributed by atoms with Crippen molar-refractivity contribution in [2.45, 2.75) is 38.7 Å². The van der Waals surface area contributed by atoms with Gasteiger partial charge in [0.1, 0.15) is 17.2 Å². The Morgan fingerprint density at radius 3 is 2.68 bits per heavy atom. The van der Waals surface area contributed by atoms with Crippen LogP contribution < -0.4 is 9.62 Å². The number of pyridine rings is 1. The summed E-state index contributed by atoms with van der Waals surface area (Å²) < 4.78 is 54.3. The summed E-state index contributed by atoms with van der Waals surface area (Å²) in [6.45, 7) is 3.34. The van der Waals surface area contributed by atoms with Gasteiger partial charge < -0.3 is 4.90 Å². The van der Waals surface area contributed by atoms with E-state index in [1.54, 1.807) is 22.9 Å². The average Bonchev–Trinajstić information content (AvgIpc) is 3.55. The molecule has 2 aliphatic rings. The fourth-order valence-corrected chi connectivity index (χ4v) is 5.72. The van der Waals surface area contributed by atoms with E-state index in [2.05, 4.69) is 26.5 Å². The number of rotatable bonds is 7. The summed E-state index contributed by atoms with van der Waals surface area (Å²) in [5.74, 6) is 2.45. The van der Waals surface area contributed by atoms with Crippen LogP contribution in [0.2, 0.25) is 0 Å². The highest BCUT2D eigenvalue weighted by molar-refractivity contribution is 7.88. The summed E-state index contributed by atoms with van der Waals surface area (Å²) in [6.07, 6.45) is 6.61. The van der Waals surface area contributed by atoms with Crippen LogP contribution in [0.4, 0.5) is 14.6 Å². The number of sulfonamides is 1. The number of alkyl halides is 2. The van der Waals surface area contributed by atoms with E-state index in [1.165, 1.54) is 31.4 Å². The van der Waals surface area contributed by atoms with Gasteiger partial charge in [-0.3, -0.25) is 4.40 Å². The first kappa shape index (κ1) is 23.1. The molecule has 5 rings (SSSR count). The van der Waals surface area contributed by atoms with Crippen LogP contribution in [-0.4, -0.2) is 53.2 Å². The van der Waals surface area contributed by atoms with Gasteiger partial charge in [0, 0.05) is 37.1 Å². The Hall–Kier alpha value is -2.66. The van der Waals surface area contributed by atoms with Gasteiger partial charge in [-0.1, -0.05) is 0 Å². The van der Waals surface area contributed by atoms with Crippen LogP contribution in [0.15, 0.2) is 36.8 Å². The molecule has 4 heterocycles. The minimum Gasteiger partial charge on any atom is -0.353 e. The molecule has 1 saturated heterocycles. The molecule has 8 nitrogen and oxygen atoms in total. The lowest BCUT2D eigenvalue weighted by molar-refractivity contribution is 0.151. The second-order valence-corrected chi connectivity index (χ2v) is 11.2. The zero-order valence-corrected chi connectivity index (χ0v) is 19.9. The van der Waals surface area contributed by atoms with E-state index < -0.39 is 16.4 Å². The summed E-state index contributed by atoms with van der Waals surface area (Å²) >= 11 is 0. The third-order valence-electron chi connectivity index (χ3n) is 7.12. The number of imidazole rings is 1. The first-order valence-electron chi connectivity index (χ1n) is 11.5. The lowest BCUT2D eigenvalue weighted by atomic mass is 9.77. The van der Waals surface area contributed by atoms with Gasteiger partial charge in [-0.25, -0.2) is 36.9 Å². The van der Waals surface area contributed by atoms with Crippen LogP contribution in [-0.2, 0) is 10.0 Å². The first-order valence-corrected chi connectivity index (χ1v) is 13.4. The Bertz CT molecular complexity index is 1290. The summed E-state index contributed by atoms with van der Waals surface area (Å²) in [5.41, 5.74) is 0.981. The molecule has 0 bridgehead atoms. The molecule has 34 heavy (non-hydrogen) atoms. The molecule has 1 saturated carbocycles. The lowest BCUT2D eigenvalue weighted by Gasteiger charge is -2.45. The van der Waals surface area contributed by atoms with Crippen molar-refractivity contribution in [2.24, 2.45) is 17.8 Å². The third kappa shape index (κ3) is 4.63. The predicted molar refractivity (Wildman–Crippen MR) is 125 cm³/mol. The normalized spacial score (nSPS) is 23.7. The quantitative estimate of drug-likeness (QED) is 0.545. The number of halogens is 2. The SMILES string of the molecule is C[C@H]1[C@@H](CNS(C)(=O)=O)C(C2CC2)CCN1c1ccnc(-c2cnc3ccc(C(F)F)cn23)n1. The topological polar surface area (TPSA) is 92.5 Å². The van der Waals surface area contributed by atoms with Crippen LogP contribution in [0.5, 0.6) is 0 Å². The second-order valence-electron chi connectivity index (χ2n) is 9.38. The van der Waals surface area contributed by atoms with Crippen molar-refractivity contribution in [1.82, 2.24) is 24.1 Å². The molecule has 1 aliphatic carbocycles. The Labute approximate surface area is 197 Å². The molecule has 1 N–H and O–H groups in total. The molecule has 11 heteroatoms. The maximum atomic E-state index is 13.2. The molecular formula is C23H28F2N6O2S. The van der Waals surface area contributed by atoms with Gasteiger partial charge in [-0.2, -0.15) is 0 Å². The Balaban J connectivity index is 1.45. The molecule has 0 radical (unpaired) electrons. The van der Waals surface area contributed by atoms with E-state index in [-0.39, 0.29) is 17.5 Å². The van der Waals surface area contributed by atoms with Crippen molar-refractivity contribution in [3.05, 3.63) is 42.4 Å². The lowest BCUT2D eigenvalue weighted by Crippen LogP contribution is -2.52. The highest BCUT2D eigenvalue weighted by Gasteiger charge is 2.43. The van der Waals surface area contributed by atoms with Crippen LogP contribution in [0.3, 0.4) is 0 Å². The smallest absolute Gasteiger partial charge is 0.265 e. The third-order valence-corrected chi connectivity index (χ3v) is 7.81. The van der Waals surface area contributed by atoms with Crippen molar-refractivity contribution >= 4 is 21.5 Å². The minimum absolute atomic E-state index is 0.0731. The van der Waals surface area contributed by atoms with Crippen molar-refractivity contribution < 1.29 is 17.2 Å². The molecule has 3 atom stereocenters. The molecule has 1 unspecified atom stereocenters. The molecule has 0 spiro atoms. The monoisotopic (exact) mass is 490 g/mol. The first-order chi connectivity index (χ1) is 16.2. The van der Waals surface area contributed by atoms with E-state index in [0.29, 0.717) is 35.5 Å². The van der Waals surface area contributed by atoms with E-state index in [9.17, 15) is 17.2 Å². The number of hydrogen-bond acceptors (Lipinski definition) is 6. The van der Waals surface area contributed by atoms with E-state index in [0.717, 1.165) is 18.8 Å². The highest BCUT2D eigenvalue weighted by Crippen LogP contribution is 2.46. The molecule has 2 fully saturated rings. The number of nitrogens with one attached hydrogen (secondary N) is 1. The van der Waals surface area contributed by atoms with Gasteiger partial charge in [-0.05, 0) is 62.1 Å². The minimum atomic E-state index is -3.28. The maximum Gasteiger partial charge on any atom is 0.265 e. The van der Waals surface area contributed by atoms with Crippen LogP contribution in [0, 0.1) is 17.8 Å². The van der Waals surface area contributed by atoms with Crippen molar-refractivity contribution in [2.75, 3.05) is 24.2 Å². The van der Waals surface area contributed by atoms with Gasteiger partial charge in [0.15, 0.2) is 5.82 Å². The maximum absolute atomic E-state index is 13.2. The fourth-order valence-electron chi connectivity index (χ4n) is 5.22. The largest absolute Gasteiger partial charge is 0.353 e. The Morgan fingerprint density at radius 2 is 1.97 bits per heavy atom. The fraction of sp³-hybridized carbons (Fsp3) is 0.522. The molecule has 0 amide bonds. The molecule has 3 aromatic heterocycles. The van der Waals surface area contributed by atoms with Crippen LogP contribution in [0.1, 0.15) is 38.2 Å². The molecule has 1 aliphatic heterocycles. The van der Waals surface area contributed by atoms with E-state index in [4.69, 9.17) is 4.98 Å². The molecule has 0 aromatic carbocycles. The Morgan fingerprint density at radius 1 is 1.18 bits per heavy atom. The zero-order valence-electron chi connectivity index (χ0n) is 19.1. The number of anilines is 1. The van der Waals surface area contributed by atoms with Gasteiger partial charge in [0.25, 0.3) is 6.43 Å². The number of hydrogen-bond donors (Lipinski definition) is 1. The van der Waals surface area contributed by atoms with Gasteiger partial charge in [-0.15, -0.1) is 0 Å². The number of piperidine rings is 1. The van der Waals surface area contributed by atoms with Gasteiger partial charge >= 0.3 is 0 Å². The van der Waals surface area contributed by atoms with E-state index >= 15 is 0 Å². The average molecular weight is 491 g/mol. The second kappa shape index (κ2) is 8.84. The van der Waals surface area contributed by atoms with Gasteiger partial charge in [0.2, 0.25) is 10.0 Å². The summed E-state index contributed by atoms with van der Waals surface area (Å²) in [4.78, 5) is 15.7. The van der Waals surface area contributed by atoms with Gasteiger partial charge in [0.05, 0.1) is 12.5 Å². The van der Waals surface area contributed by atoms with Crippen LogP contribution >= 0.6 is 0 Å². The number of fused-ring (bicyclic) bond motifs is 1. The highest BCUT2D eigenvalue weighted by atomic mass is 32.2. The molecule has 3 aromatic rings. The zero-order chi connectivity index (χ0) is 24.0. The molecular weight excluding hydrogens is 462 g/mol. The predicted octanol–water partition coefficient (Wildman–Crippen LogP) is 3.52. The number of aromatic nitrogens is 4. The summed E-state index contributed by atoms with van der Waals surface area (Å²) in [6, 6.07) is 4.83. The standard InChI is InChI=1S/C23H28F2N6O2S/c1-14-18(11-28-34(2,32)33)17(15-3-4-15)8-10-30(14)21-7-9-26-23(29-21)19-12-27-20-6-5-16(22(24)25)13-31(19)20/h5-7,9,12-15,17-18,22,28H,3-4,8,10-11H2,1-2H3/t14-,17?,18+/m0/s1. The van der Waals surface area contributed by atoms with Crippen molar-refractivity contribution in [3.63, 3.8) is 0 Å². The number of nitrogens with zero attached hydrogens (tertiary/aromatic N) is 5. The van der Waals surface area contributed by atoms with Crippen molar-refractivity contribution in [3.8, 4) is 11.5 Å². The summed E-state index contributed by atoms with van der Waals surface area (Å²) in [7, 11) is -3.28. The summed E-state index contributed by atoms with van der Waals surface area (Å²) in [5, 5.41) is 0. The van der Waals surface area contributed by atoms with Crippen molar-refractivity contribution in [1.29, 1.82) is 0 Å². The Kier molecular flexibility index (Phi) is 6.01.